The molecule has 1 aliphatic rings. The highest BCUT2D eigenvalue weighted by Crippen LogP contribution is 2.19. The molecule has 0 saturated carbocycles. The standard InChI is InChI=1S/C12H25N3O.ClH/c1-14(2)12(16)7-10-15-9-4-3-5-11(15)6-8-13;/h11H,3-10,13H2,1-2H3;1H. The normalized spacial score (nSPS) is 20.8. The zero-order chi connectivity index (χ0) is 12.0. The maximum absolute atomic E-state index is 11.5. The Kier molecular flexibility index (Phi) is 8.56. The van der Waals surface area contributed by atoms with Gasteiger partial charge in [-0.1, -0.05) is 6.42 Å². The molecule has 0 spiro atoms. The first kappa shape index (κ1) is 16.7. The van der Waals surface area contributed by atoms with Crippen LogP contribution in [0.25, 0.3) is 0 Å². The van der Waals surface area contributed by atoms with Crippen LogP contribution in [0.5, 0.6) is 0 Å². The van der Waals surface area contributed by atoms with E-state index in [1.165, 1.54) is 19.3 Å². The fourth-order valence-electron chi connectivity index (χ4n) is 2.34. The van der Waals surface area contributed by atoms with Crippen LogP contribution in [0.4, 0.5) is 0 Å². The topological polar surface area (TPSA) is 49.6 Å². The van der Waals surface area contributed by atoms with Gasteiger partial charge in [-0.2, -0.15) is 0 Å². The van der Waals surface area contributed by atoms with Crippen molar-refractivity contribution in [1.82, 2.24) is 9.80 Å². The quantitative estimate of drug-likeness (QED) is 0.808. The molecule has 1 saturated heterocycles. The van der Waals surface area contributed by atoms with E-state index in [1.54, 1.807) is 4.90 Å². The molecule has 0 bridgehead atoms. The molecule has 0 radical (unpaired) electrons. The summed E-state index contributed by atoms with van der Waals surface area (Å²) in [4.78, 5) is 15.6. The van der Waals surface area contributed by atoms with Crippen molar-refractivity contribution in [3.63, 3.8) is 0 Å². The Balaban J connectivity index is 0.00000256. The van der Waals surface area contributed by atoms with E-state index in [0.717, 1.165) is 26.1 Å². The number of hydrogen-bond acceptors (Lipinski definition) is 3. The molecule has 0 aromatic carbocycles. The van der Waals surface area contributed by atoms with Gasteiger partial charge in [0, 0.05) is 33.1 Å². The molecule has 1 amide bonds. The molecular weight excluding hydrogens is 238 g/mol. The molecule has 4 nitrogen and oxygen atoms in total. The lowest BCUT2D eigenvalue weighted by Crippen LogP contribution is -2.42. The van der Waals surface area contributed by atoms with E-state index in [4.69, 9.17) is 5.73 Å². The van der Waals surface area contributed by atoms with Crippen LogP contribution in [0.1, 0.15) is 32.1 Å². The number of amides is 1. The third kappa shape index (κ3) is 5.70. The molecule has 1 aliphatic heterocycles. The van der Waals surface area contributed by atoms with Gasteiger partial charge in [0.15, 0.2) is 0 Å². The zero-order valence-corrected chi connectivity index (χ0v) is 11.8. The van der Waals surface area contributed by atoms with E-state index in [9.17, 15) is 4.79 Å². The number of likely N-dealkylation sites (tertiary alicyclic amines) is 1. The maximum atomic E-state index is 11.5. The molecule has 17 heavy (non-hydrogen) atoms. The van der Waals surface area contributed by atoms with Gasteiger partial charge in [0.2, 0.25) is 5.91 Å². The number of piperidine rings is 1. The molecule has 102 valence electrons. The van der Waals surface area contributed by atoms with E-state index < -0.39 is 0 Å². The number of nitrogens with two attached hydrogens (primary N) is 1. The molecule has 1 heterocycles. The van der Waals surface area contributed by atoms with Crippen LogP contribution >= 0.6 is 12.4 Å². The van der Waals surface area contributed by atoms with Crippen LogP contribution in [0.3, 0.4) is 0 Å². The van der Waals surface area contributed by atoms with E-state index in [0.29, 0.717) is 12.5 Å². The minimum Gasteiger partial charge on any atom is -0.349 e. The minimum atomic E-state index is 0. The Morgan fingerprint density at radius 3 is 2.71 bits per heavy atom. The second-order valence-corrected chi connectivity index (χ2v) is 4.80. The lowest BCUT2D eigenvalue weighted by molar-refractivity contribution is -0.129. The highest BCUT2D eigenvalue weighted by molar-refractivity contribution is 5.85. The Hall–Kier alpha value is -0.320. The van der Waals surface area contributed by atoms with Gasteiger partial charge in [0.1, 0.15) is 0 Å². The van der Waals surface area contributed by atoms with Crippen LogP contribution in [0.2, 0.25) is 0 Å². The Labute approximate surface area is 111 Å². The summed E-state index contributed by atoms with van der Waals surface area (Å²) in [5.41, 5.74) is 5.62. The summed E-state index contributed by atoms with van der Waals surface area (Å²) in [6.07, 6.45) is 5.51. The second-order valence-electron chi connectivity index (χ2n) is 4.80. The summed E-state index contributed by atoms with van der Waals surface area (Å²) in [5, 5.41) is 0. The highest BCUT2D eigenvalue weighted by atomic mass is 35.5. The fourth-order valence-corrected chi connectivity index (χ4v) is 2.34. The van der Waals surface area contributed by atoms with Crippen LogP contribution in [-0.4, -0.2) is 55.5 Å². The molecule has 1 rings (SSSR count). The average Bonchev–Trinajstić information content (AvgIpc) is 2.27. The SMILES string of the molecule is CN(C)C(=O)CCN1CCCCC1CCN.Cl. The van der Waals surface area contributed by atoms with E-state index in [1.807, 2.05) is 14.1 Å². The third-order valence-corrected chi connectivity index (χ3v) is 3.36. The molecule has 1 atom stereocenters. The maximum Gasteiger partial charge on any atom is 0.223 e. The van der Waals surface area contributed by atoms with Crippen molar-refractivity contribution in [2.75, 3.05) is 33.7 Å². The van der Waals surface area contributed by atoms with Crippen molar-refractivity contribution in [2.24, 2.45) is 5.73 Å². The Morgan fingerprint density at radius 1 is 1.41 bits per heavy atom. The van der Waals surface area contributed by atoms with E-state index >= 15 is 0 Å². The minimum absolute atomic E-state index is 0. The molecule has 1 unspecified atom stereocenters. The summed E-state index contributed by atoms with van der Waals surface area (Å²) >= 11 is 0. The van der Waals surface area contributed by atoms with Crippen LogP contribution in [0, 0.1) is 0 Å². The first-order chi connectivity index (χ1) is 7.65. The third-order valence-electron chi connectivity index (χ3n) is 3.36. The van der Waals surface area contributed by atoms with Crippen LogP contribution in [-0.2, 0) is 4.79 Å². The van der Waals surface area contributed by atoms with Crippen molar-refractivity contribution in [1.29, 1.82) is 0 Å². The number of rotatable bonds is 5. The number of hydrogen-bond donors (Lipinski definition) is 1. The predicted octanol–water partition coefficient (Wildman–Crippen LogP) is 1.09. The first-order valence-electron chi connectivity index (χ1n) is 6.29. The molecule has 5 heteroatoms. The van der Waals surface area contributed by atoms with Crippen molar-refractivity contribution in [2.45, 2.75) is 38.1 Å². The fraction of sp³-hybridized carbons (Fsp3) is 0.917. The Morgan fingerprint density at radius 2 is 2.12 bits per heavy atom. The summed E-state index contributed by atoms with van der Waals surface area (Å²) in [6.45, 7) is 2.77. The molecule has 0 aromatic heterocycles. The predicted molar refractivity (Wildman–Crippen MR) is 73.4 cm³/mol. The van der Waals surface area contributed by atoms with E-state index in [2.05, 4.69) is 4.90 Å². The lowest BCUT2D eigenvalue weighted by atomic mass is 9.99. The van der Waals surface area contributed by atoms with Crippen molar-refractivity contribution in [3.05, 3.63) is 0 Å². The number of halogens is 1. The first-order valence-corrected chi connectivity index (χ1v) is 6.29. The zero-order valence-electron chi connectivity index (χ0n) is 11.0. The van der Waals surface area contributed by atoms with Gasteiger partial charge in [-0.3, -0.25) is 9.69 Å². The highest BCUT2D eigenvalue weighted by Gasteiger charge is 2.21. The average molecular weight is 264 g/mol. The summed E-state index contributed by atoms with van der Waals surface area (Å²) in [5.74, 6) is 0.220. The smallest absolute Gasteiger partial charge is 0.223 e. The second kappa shape index (κ2) is 8.72. The van der Waals surface area contributed by atoms with Gasteiger partial charge in [0.25, 0.3) is 0 Å². The summed E-state index contributed by atoms with van der Waals surface area (Å²) in [6, 6.07) is 0.605. The van der Waals surface area contributed by atoms with Crippen LogP contribution < -0.4 is 5.73 Å². The van der Waals surface area contributed by atoms with E-state index in [-0.39, 0.29) is 18.3 Å². The number of carbonyl (C=O) groups excluding carboxylic acids is 1. The molecule has 0 aliphatic carbocycles. The van der Waals surface area contributed by atoms with Gasteiger partial charge in [-0.15, -0.1) is 12.4 Å². The molecule has 2 N–H and O–H groups in total. The van der Waals surface area contributed by atoms with Crippen molar-refractivity contribution in [3.8, 4) is 0 Å². The van der Waals surface area contributed by atoms with Gasteiger partial charge in [-0.25, -0.2) is 0 Å². The lowest BCUT2D eigenvalue weighted by Gasteiger charge is -2.35. The van der Waals surface area contributed by atoms with Crippen molar-refractivity contribution < 1.29 is 4.79 Å². The molecule has 1 fully saturated rings. The largest absolute Gasteiger partial charge is 0.349 e. The van der Waals surface area contributed by atoms with Gasteiger partial charge >= 0.3 is 0 Å². The number of nitrogens with zero attached hydrogens (tertiary/aromatic N) is 2. The summed E-state index contributed by atoms with van der Waals surface area (Å²) in [7, 11) is 3.63. The summed E-state index contributed by atoms with van der Waals surface area (Å²) < 4.78 is 0. The van der Waals surface area contributed by atoms with Gasteiger partial charge < -0.3 is 10.6 Å². The number of carbonyl (C=O) groups is 1. The van der Waals surface area contributed by atoms with Crippen molar-refractivity contribution >= 4 is 18.3 Å². The molecular formula is C12H26ClN3O. The van der Waals surface area contributed by atoms with Crippen LogP contribution in [0.15, 0.2) is 0 Å². The monoisotopic (exact) mass is 263 g/mol. The Bertz CT molecular complexity index is 222. The van der Waals surface area contributed by atoms with Gasteiger partial charge in [0.05, 0.1) is 0 Å². The van der Waals surface area contributed by atoms with Gasteiger partial charge in [-0.05, 0) is 32.4 Å². The molecule has 0 aromatic rings.